The third kappa shape index (κ3) is 13.9. The van der Waals surface area contributed by atoms with E-state index in [1.165, 1.54) is 0 Å². The summed E-state index contributed by atoms with van der Waals surface area (Å²) < 4.78 is 64.1. The van der Waals surface area contributed by atoms with E-state index in [1.807, 2.05) is 156 Å². The first-order valence-electron chi connectivity index (χ1n) is 37.1. The van der Waals surface area contributed by atoms with Gasteiger partial charge in [-0.3, -0.25) is 48.4 Å². The van der Waals surface area contributed by atoms with E-state index in [2.05, 4.69) is 9.80 Å². The molecule has 0 N–H and O–H groups in total. The first kappa shape index (κ1) is 77.0. The number of benzene rings is 9. The Balaban J connectivity index is 1.09. The van der Waals surface area contributed by atoms with E-state index in [9.17, 15) is 0 Å². The van der Waals surface area contributed by atoms with Crippen molar-refractivity contribution in [2.24, 2.45) is 11.8 Å². The second kappa shape index (κ2) is 30.7. The number of aryl methyl sites for hydroxylation is 8. The number of hydrogen-bond donors (Lipinski definition) is 0. The van der Waals surface area contributed by atoms with Gasteiger partial charge in [-0.05, 0) is 138 Å². The molecule has 568 valence electrons. The molecule has 13 rings (SSSR count). The van der Waals surface area contributed by atoms with Gasteiger partial charge in [-0.25, -0.2) is 0 Å². The Kier molecular flexibility index (Phi) is 21.9. The second-order valence-electron chi connectivity index (χ2n) is 29.9. The fraction of sp³-hybridized carbons (Fsp3) is 0.405. The molecule has 0 aromatic heterocycles. The Bertz CT molecular complexity index is 4510. The maximum Gasteiger partial charge on any atom is 0.501 e. The van der Waals surface area contributed by atoms with E-state index in [0.717, 1.165) is 54.3 Å². The van der Waals surface area contributed by atoms with Crippen molar-refractivity contribution >= 4 is 96.1 Å². The van der Waals surface area contributed by atoms with E-state index in [-0.39, 0.29) is 67.8 Å². The van der Waals surface area contributed by atoms with Gasteiger partial charge in [0.15, 0.2) is 0 Å². The van der Waals surface area contributed by atoms with Crippen molar-refractivity contribution in [2.45, 2.75) is 107 Å². The summed E-state index contributed by atoms with van der Waals surface area (Å²) in [4.78, 5) is 108. The topological polar surface area (TPSA) is 214 Å². The van der Waals surface area contributed by atoms with Crippen LogP contribution in [0.3, 0.4) is 0 Å². The van der Waals surface area contributed by atoms with Crippen LogP contribution in [-0.4, -0.2) is 203 Å². The highest BCUT2D eigenvalue weighted by Gasteiger charge is 2.50. The molecule has 108 heavy (non-hydrogen) atoms. The molecule has 2 atom stereocenters. The standard InChI is InChI=1S/C84H98N6O16Si2/c1-47(2)77(83(95)87-31-27-85(28-32-87)35-37-107(97-13,98-14)99-15)89-79(91)57-43-65(103-61-23-19-49(5)39-53(61)9)71-73-67(105-63-25-21-51(7)41-55(63)11)45-59-70-60(82(94)90(81(59)93)78(48(3)4)84(96)88-33-29-86(30-34-88)36-38-108(100-16,101-17)102-18)46-68(106-64-26-22-52(8)42-56(64)12)74(76(70)73)72-66(44-58(80(89)92)69(57)75(71)72)104-62-24-20-50(6)40-54(62)10/h19-26,39-48,77-78H,27-38H2,1-18H3. The maximum atomic E-state index is 16.6. The number of fused-ring (bicyclic) bond motifs is 2. The SMILES string of the molecule is CO[Si](CCN1CCN(C(=O)C(C(C)C)N2C(=O)c3cc(Oc4ccc(C)cc4C)c4c5c(Oc6ccc(C)cc6C)cc6c7c(cc(Oc8ccc(C)cc8C)c(c8c(Oc9ccc(C)cc9C)cc(c3c48)C2=O)c75)C(=O)N(C(C(=O)N2CCN(CC[Si](OC)(OC)OC)CC2)C(C)C)C6=O)CC1)(OC)OC. The highest BCUT2D eigenvalue weighted by atomic mass is 28.4. The molecule has 9 aromatic rings. The van der Waals surface area contributed by atoms with Crippen LogP contribution in [0.2, 0.25) is 12.1 Å². The van der Waals surface area contributed by atoms with Crippen LogP contribution in [0.1, 0.15) is 114 Å². The predicted molar refractivity (Wildman–Crippen MR) is 419 cm³/mol. The van der Waals surface area contributed by atoms with Crippen molar-refractivity contribution in [3.8, 4) is 46.0 Å². The second-order valence-corrected chi connectivity index (χ2v) is 36.1. The molecular formula is C84H98N6O16Si2. The van der Waals surface area contributed by atoms with Crippen LogP contribution < -0.4 is 18.9 Å². The molecule has 4 aliphatic rings. The number of carbonyl (C=O) groups excluding carboxylic acids is 6. The Hall–Kier alpha value is -9.19. The third-order valence-electron chi connectivity index (χ3n) is 22.2. The number of hydrogen-bond acceptors (Lipinski definition) is 18. The summed E-state index contributed by atoms with van der Waals surface area (Å²) >= 11 is 0. The molecule has 24 heteroatoms. The summed E-state index contributed by atoms with van der Waals surface area (Å²) in [6, 6.07) is 28.3. The number of imide groups is 2. The summed E-state index contributed by atoms with van der Waals surface area (Å²) in [6.07, 6.45) is 0. The van der Waals surface area contributed by atoms with Crippen molar-refractivity contribution in [2.75, 3.05) is 108 Å². The summed E-state index contributed by atoms with van der Waals surface area (Å²) in [7, 11) is 3.67. The zero-order chi connectivity index (χ0) is 77.3. The molecule has 2 fully saturated rings. The van der Waals surface area contributed by atoms with Crippen molar-refractivity contribution in [3.05, 3.63) is 164 Å². The van der Waals surface area contributed by atoms with Crippen LogP contribution in [0.5, 0.6) is 46.0 Å². The van der Waals surface area contributed by atoms with E-state index >= 15 is 28.8 Å². The lowest BCUT2D eigenvalue weighted by molar-refractivity contribution is -0.139. The summed E-state index contributed by atoms with van der Waals surface area (Å²) in [6.45, 7) is 27.5. The molecule has 2 saturated heterocycles. The molecule has 0 spiro atoms. The Morgan fingerprint density at radius 3 is 0.787 bits per heavy atom. The molecule has 4 aliphatic heterocycles. The van der Waals surface area contributed by atoms with Gasteiger partial charge >= 0.3 is 17.6 Å². The quantitative estimate of drug-likeness (QED) is 0.0213. The van der Waals surface area contributed by atoms with Gasteiger partial charge in [0.25, 0.3) is 23.6 Å². The Morgan fingerprint density at radius 1 is 0.333 bits per heavy atom. The van der Waals surface area contributed by atoms with Crippen LogP contribution in [0.15, 0.2) is 97.1 Å². The zero-order valence-electron chi connectivity index (χ0n) is 65.2. The van der Waals surface area contributed by atoms with Gasteiger partial charge in [0.2, 0.25) is 11.8 Å². The van der Waals surface area contributed by atoms with Gasteiger partial charge in [0.1, 0.15) is 58.1 Å². The molecule has 0 aliphatic carbocycles. The average molecular weight is 1500 g/mol. The van der Waals surface area contributed by atoms with Gasteiger partial charge in [-0.1, -0.05) is 98.5 Å². The molecule has 6 amide bonds. The third-order valence-corrected chi connectivity index (χ3v) is 27.6. The van der Waals surface area contributed by atoms with Gasteiger partial charge in [0, 0.05) is 163 Å². The fourth-order valence-corrected chi connectivity index (χ4v) is 19.8. The molecule has 4 heterocycles. The summed E-state index contributed by atoms with van der Waals surface area (Å²) in [5.74, 6) is -2.54. The molecule has 9 aromatic carbocycles. The molecule has 22 nitrogen and oxygen atoms in total. The molecule has 0 saturated carbocycles. The number of ether oxygens (including phenoxy) is 4. The van der Waals surface area contributed by atoms with Crippen molar-refractivity contribution in [3.63, 3.8) is 0 Å². The van der Waals surface area contributed by atoms with Crippen LogP contribution in [-0.2, 0) is 36.1 Å². The number of amides is 6. The first-order valence-corrected chi connectivity index (χ1v) is 40.9. The normalized spacial score (nSPS) is 16.0. The molecular weight excluding hydrogens is 1410 g/mol. The highest BCUT2D eigenvalue weighted by molar-refractivity contribution is 6.61. The van der Waals surface area contributed by atoms with Gasteiger partial charge in [0.05, 0.1) is 22.3 Å². The number of nitrogens with zero attached hydrogens (tertiary/aromatic N) is 6. The van der Waals surface area contributed by atoms with Crippen molar-refractivity contribution < 1.29 is 74.3 Å². The maximum absolute atomic E-state index is 16.6. The van der Waals surface area contributed by atoms with E-state index in [0.29, 0.717) is 133 Å². The predicted octanol–water partition coefficient (Wildman–Crippen LogP) is 14.7. The monoisotopic (exact) mass is 1500 g/mol. The lowest BCUT2D eigenvalue weighted by Crippen LogP contribution is -2.59. The molecule has 0 bridgehead atoms. The Morgan fingerprint density at radius 2 is 0.574 bits per heavy atom. The first-order chi connectivity index (χ1) is 51.6. The number of rotatable bonds is 26. The zero-order valence-corrected chi connectivity index (χ0v) is 67.2. The summed E-state index contributed by atoms with van der Waals surface area (Å²) in [5, 5.41) is 2.50. The van der Waals surface area contributed by atoms with Crippen LogP contribution >= 0.6 is 0 Å². The van der Waals surface area contributed by atoms with Crippen molar-refractivity contribution in [1.29, 1.82) is 0 Å². The minimum Gasteiger partial charge on any atom is -0.456 e. The number of carbonyl (C=O) groups is 6. The van der Waals surface area contributed by atoms with Crippen LogP contribution in [0.25, 0.3) is 43.1 Å². The minimum absolute atomic E-state index is 0.0642. The smallest absolute Gasteiger partial charge is 0.456 e. The number of piperazine rings is 2. The van der Waals surface area contributed by atoms with Gasteiger partial charge < -0.3 is 55.3 Å². The average Bonchev–Trinajstić information content (AvgIpc) is 0.670. The van der Waals surface area contributed by atoms with E-state index in [4.69, 9.17) is 45.5 Å². The minimum atomic E-state index is -2.92. The van der Waals surface area contributed by atoms with E-state index < -0.39 is 65.2 Å². The largest absolute Gasteiger partial charge is 0.501 e. The van der Waals surface area contributed by atoms with Crippen LogP contribution in [0, 0.1) is 67.2 Å². The molecule has 2 unspecified atom stereocenters. The molecule has 0 radical (unpaired) electrons. The lowest BCUT2D eigenvalue weighted by Gasteiger charge is -2.41. The van der Waals surface area contributed by atoms with E-state index in [1.54, 1.807) is 76.7 Å². The fourth-order valence-electron chi connectivity index (χ4n) is 16.3. The lowest BCUT2D eigenvalue weighted by atomic mass is 9.80. The van der Waals surface area contributed by atoms with Gasteiger partial charge in [-0.15, -0.1) is 0 Å². The van der Waals surface area contributed by atoms with Crippen LogP contribution in [0.4, 0.5) is 0 Å². The highest BCUT2D eigenvalue weighted by Crippen LogP contribution is 2.59. The van der Waals surface area contributed by atoms with Gasteiger partial charge in [-0.2, -0.15) is 0 Å². The van der Waals surface area contributed by atoms with Crippen molar-refractivity contribution in [1.82, 2.24) is 29.4 Å². The Labute approximate surface area is 633 Å². The summed E-state index contributed by atoms with van der Waals surface area (Å²) in [5.41, 5.74) is 7.17.